The van der Waals surface area contributed by atoms with Crippen molar-refractivity contribution in [1.29, 1.82) is 5.26 Å². The summed E-state index contributed by atoms with van der Waals surface area (Å²) < 4.78 is 0.690. The summed E-state index contributed by atoms with van der Waals surface area (Å²) in [6.07, 6.45) is 9.69. The molecule has 0 radical (unpaired) electrons. The van der Waals surface area contributed by atoms with E-state index in [2.05, 4.69) is 27.0 Å². The minimum Gasteiger partial charge on any atom is -0.224 e. The fraction of sp³-hybridized carbons (Fsp3) is 0.923. The second-order valence-corrected chi connectivity index (χ2v) is 4.48. The Labute approximate surface area is 95.5 Å². The highest BCUT2D eigenvalue weighted by Crippen LogP contribution is 2.12. The summed E-state index contributed by atoms with van der Waals surface area (Å²) in [4.78, 5) is 0. The Morgan fingerprint density at radius 3 is 1.33 bits per heavy atom. The van der Waals surface area contributed by atoms with E-state index in [1.807, 2.05) is 0 Å². The highest BCUT2D eigenvalue weighted by molar-refractivity contribution is 4.59. The molecule has 0 fully saturated rings. The average molecular weight is 211 g/mol. The van der Waals surface area contributed by atoms with E-state index in [0.29, 0.717) is 4.48 Å². The van der Waals surface area contributed by atoms with E-state index in [1.165, 1.54) is 38.5 Å². The van der Waals surface area contributed by atoms with E-state index in [1.54, 1.807) is 0 Å². The Kier molecular flexibility index (Phi) is 8.41. The van der Waals surface area contributed by atoms with Crippen molar-refractivity contribution in [2.45, 2.75) is 59.3 Å². The van der Waals surface area contributed by atoms with Crippen LogP contribution in [0, 0.1) is 11.5 Å². The highest BCUT2D eigenvalue weighted by Gasteiger charge is 2.25. The molecule has 15 heavy (non-hydrogen) atoms. The zero-order valence-electron chi connectivity index (χ0n) is 10.8. The first-order chi connectivity index (χ1) is 7.24. The molecule has 0 N–H and O–H groups in total. The van der Waals surface area contributed by atoms with Gasteiger partial charge in [-0.05, 0) is 19.3 Å². The van der Waals surface area contributed by atoms with Crippen molar-refractivity contribution in [2.75, 3.05) is 19.6 Å². The maximum atomic E-state index is 9.38. The Morgan fingerprint density at radius 1 is 0.800 bits per heavy atom. The van der Waals surface area contributed by atoms with Gasteiger partial charge in [-0.1, -0.05) is 40.0 Å². The van der Waals surface area contributed by atoms with Crippen LogP contribution in [0.1, 0.15) is 59.3 Å². The maximum absolute atomic E-state index is 9.38. The molecule has 0 saturated heterocycles. The molecule has 0 atom stereocenters. The van der Waals surface area contributed by atoms with E-state index >= 15 is 0 Å². The third kappa shape index (κ3) is 5.79. The van der Waals surface area contributed by atoms with E-state index in [0.717, 1.165) is 19.6 Å². The van der Waals surface area contributed by atoms with E-state index in [9.17, 15) is 5.26 Å². The van der Waals surface area contributed by atoms with Crippen molar-refractivity contribution < 1.29 is 4.48 Å². The van der Waals surface area contributed by atoms with Gasteiger partial charge in [-0.3, -0.25) is 0 Å². The fourth-order valence-electron chi connectivity index (χ4n) is 1.87. The van der Waals surface area contributed by atoms with E-state index < -0.39 is 0 Å². The number of rotatable bonds is 9. The van der Waals surface area contributed by atoms with Crippen LogP contribution in [0.3, 0.4) is 0 Å². The SMILES string of the molecule is CCCC[N+](C#N)(CCCC)CCCC. The van der Waals surface area contributed by atoms with Crippen LogP contribution in [0.5, 0.6) is 0 Å². The minimum atomic E-state index is 0.690. The van der Waals surface area contributed by atoms with Crippen LogP contribution in [-0.4, -0.2) is 24.1 Å². The van der Waals surface area contributed by atoms with Crippen molar-refractivity contribution in [3.05, 3.63) is 0 Å². The summed E-state index contributed by atoms with van der Waals surface area (Å²) in [5, 5.41) is 9.38. The summed E-state index contributed by atoms with van der Waals surface area (Å²) >= 11 is 0. The summed E-state index contributed by atoms with van der Waals surface area (Å²) in [5.41, 5.74) is 0. The van der Waals surface area contributed by atoms with Crippen molar-refractivity contribution in [1.82, 2.24) is 0 Å². The third-order valence-electron chi connectivity index (χ3n) is 3.03. The van der Waals surface area contributed by atoms with Crippen LogP contribution in [0.25, 0.3) is 0 Å². The van der Waals surface area contributed by atoms with Crippen LogP contribution in [0.2, 0.25) is 0 Å². The second-order valence-electron chi connectivity index (χ2n) is 4.48. The Morgan fingerprint density at radius 2 is 1.13 bits per heavy atom. The lowest BCUT2D eigenvalue weighted by Crippen LogP contribution is -2.45. The molecule has 2 nitrogen and oxygen atoms in total. The van der Waals surface area contributed by atoms with Gasteiger partial charge in [-0.25, -0.2) is 4.48 Å². The first-order valence-electron chi connectivity index (χ1n) is 6.52. The van der Waals surface area contributed by atoms with Gasteiger partial charge in [0.15, 0.2) is 0 Å². The minimum absolute atomic E-state index is 0.690. The molecule has 0 heterocycles. The predicted molar refractivity (Wildman–Crippen MR) is 65.2 cm³/mol. The second kappa shape index (κ2) is 8.73. The smallest absolute Gasteiger partial charge is 0.224 e. The number of nitriles is 1. The maximum Gasteiger partial charge on any atom is 0.308 e. The zero-order chi connectivity index (χ0) is 11.6. The summed E-state index contributed by atoms with van der Waals surface area (Å²) in [6, 6.07) is 0. The predicted octanol–water partition coefficient (Wildman–Crippen LogP) is 3.68. The largest absolute Gasteiger partial charge is 0.308 e. The lowest BCUT2D eigenvalue weighted by Gasteiger charge is -2.29. The number of unbranched alkanes of at least 4 members (excludes halogenated alkanes) is 3. The van der Waals surface area contributed by atoms with E-state index in [4.69, 9.17) is 0 Å². The van der Waals surface area contributed by atoms with Crippen molar-refractivity contribution in [2.24, 2.45) is 0 Å². The van der Waals surface area contributed by atoms with Gasteiger partial charge in [0.25, 0.3) is 0 Å². The van der Waals surface area contributed by atoms with Crippen LogP contribution in [0.15, 0.2) is 0 Å². The molecule has 0 amide bonds. The molecule has 0 rings (SSSR count). The molecular weight excluding hydrogens is 184 g/mol. The van der Waals surface area contributed by atoms with Crippen LogP contribution in [0.4, 0.5) is 0 Å². The van der Waals surface area contributed by atoms with Crippen LogP contribution >= 0.6 is 0 Å². The summed E-state index contributed by atoms with van der Waals surface area (Å²) in [7, 11) is 0. The van der Waals surface area contributed by atoms with Crippen LogP contribution < -0.4 is 0 Å². The Bertz CT molecular complexity index is 160. The molecule has 88 valence electrons. The van der Waals surface area contributed by atoms with Gasteiger partial charge in [0.05, 0.1) is 19.6 Å². The number of hydrogen-bond acceptors (Lipinski definition) is 1. The normalized spacial score (nSPS) is 11.3. The van der Waals surface area contributed by atoms with Gasteiger partial charge < -0.3 is 0 Å². The lowest BCUT2D eigenvalue weighted by molar-refractivity contribution is -0.866. The van der Waals surface area contributed by atoms with Gasteiger partial charge in [0, 0.05) is 0 Å². The van der Waals surface area contributed by atoms with Gasteiger partial charge in [-0.2, -0.15) is 0 Å². The number of nitrogens with zero attached hydrogens (tertiary/aromatic N) is 2. The molecule has 0 aliphatic heterocycles. The van der Waals surface area contributed by atoms with Crippen molar-refractivity contribution in [3.8, 4) is 6.19 Å². The van der Waals surface area contributed by atoms with Crippen molar-refractivity contribution in [3.63, 3.8) is 0 Å². The quantitative estimate of drug-likeness (QED) is 0.421. The number of hydrogen-bond donors (Lipinski definition) is 0. The van der Waals surface area contributed by atoms with Crippen molar-refractivity contribution >= 4 is 0 Å². The van der Waals surface area contributed by atoms with Gasteiger partial charge in [-0.15, -0.1) is 5.26 Å². The molecule has 0 saturated carbocycles. The molecule has 0 aliphatic rings. The Balaban J connectivity index is 4.25. The van der Waals surface area contributed by atoms with Gasteiger partial charge in [0.2, 0.25) is 0 Å². The lowest BCUT2D eigenvalue weighted by atomic mass is 10.2. The highest BCUT2D eigenvalue weighted by atomic mass is 15.3. The molecule has 0 aliphatic carbocycles. The molecule has 0 bridgehead atoms. The molecular formula is C13H27N2+. The first-order valence-corrected chi connectivity index (χ1v) is 6.52. The monoisotopic (exact) mass is 211 g/mol. The molecule has 0 spiro atoms. The van der Waals surface area contributed by atoms with Crippen LogP contribution in [-0.2, 0) is 0 Å². The number of quaternary nitrogens is 1. The summed E-state index contributed by atoms with van der Waals surface area (Å²) in [5.74, 6) is 0. The fourth-order valence-corrected chi connectivity index (χ4v) is 1.87. The third-order valence-corrected chi connectivity index (χ3v) is 3.03. The molecule has 2 heteroatoms. The molecule has 0 aromatic carbocycles. The molecule has 0 unspecified atom stereocenters. The first kappa shape index (κ1) is 14.5. The van der Waals surface area contributed by atoms with Gasteiger partial charge in [0.1, 0.15) is 0 Å². The Hall–Kier alpha value is -0.550. The molecule has 0 aromatic heterocycles. The summed E-state index contributed by atoms with van der Waals surface area (Å²) in [6.45, 7) is 9.75. The van der Waals surface area contributed by atoms with Gasteiger partial charge >= 0.3 is 6.19 Å². The van der Waals surface area contributed by atoms with E-state index in [-0.39, 0.29) is 0 Å². The average Bonchev–Trinajstić information content (AvgIpc) is 2.29. The standard InChI is InChI=1S/C13H27N2/c1-4-7-10-15(13-14,11-8-5-2)12-9-6-3/h4-12H2,1-3H3/q+1. The topological polar surface area (TPSA) is 23.8 Å². The zero-order valence-corrected chi connectivity index (χ0v) is 10.8. The molecule has 0 aromatic rings.